The van der Waals surface area contributed by atoms with Crippen LogP contribution in [0.4, 0.5) is 0 Å². The van der Waals surface area contributed by atoms with Crippen molar-refractivity contribution in [2.45, 2.75) is 17.3 Å². The number of rotatable bonds is 7. The molecule has 0 radical (unpaired) electrons. The Labute approximate surface area is 138 Å². The summed E-state index contributed by atoms with van der Waals surface area (Å²) in [5, 5.41) is 11.6. The number of alkyl halides is 1. The van der Waals surface area contributed by atoms with E-state index in [0.717, 1.165) is 0 Å². The van der Waals surface area contributed by atoms with Gasteiger partial charge in [0.25, 0.3) is 0 Å². The highest BCUT2D eigenvalue weighted by molar-refractivity contribution is 14.2. The second-order valence-electron chi connectivity index (χ2n) is 5.37. The summed E-state index contributed by atoms with van der Waals surface area (Å²) < 4.78 is 12.9. The molecule has 0 aromatic heterocycles. The predicted molar refractivity (Wildman–Crippen MR) is 90.9 cm³/mol. The number of nitrogens with two attached hydrogens (primary N) is 1. The van der Waals surface area contributed by atoms with Gasteiger partial charge >= 0.3 is 5.97 Å². The van der Waals surface area contributed by atoms with Crippen molar-refractivity contribution in [3.63, 3.8) is 0 Å². The zero-order valence-corrected chi connectivity index (χ0v) is 14.2. The molecular formula is C15H17IN2O4. The van der Waals surface area contributed by atoms with E-state index < -0.39 is 0 Å². The maximum atomic E-state index is 11.8. The van der Waals surface area contributed by atoms with Crippen molar-refractivity contribution >= 4 is 36.0 Å². The van der Waals surface area contributed by atoms with Gasteiger partial charge in [-0.1, -0.05) is 17.3 Å². The van der Waals surface area contributed by atoms with Crippen molar-refractivity contribution in [1.29, 1.82) is 0 Å². The van der Waals surface area contributed by atoms with Crippen molar-refractivity contribution in [3.05, 3.63) is 29.8 Å². The number of nitrogens with zero attached hydrogens (tertiary/aromatic N) is 1. The first-order chi connectivity index (χ1) is 10.6. The molecule has 2 unspecified atom stereocenters. The van der Waals surface area contributed by atoms with Gasteiger partial charge in [-0.25, -0.2) is 0 Å². The molecule has 0 bridgehead atoms. The Morgan fingerprint density at radius 3 is 2.91 bits per heavy atom. The first-order valence-corrected chi connectivity index (χ1v) is 9.28. The first-order valence-electron chi connectivity index (χ1n) is 6.96. The van der Waals surface area contributed by atoms with Crippen LogP contribution in [0.25, 0.3) is 0 Å². The molecule has 22 heavy (non-hydrogen) atoms. The smallest absolute Gasteiger partial charge is 0.317 e. The number of carbonyl (C=O) groups is 1. The number of oxime groups is 1. The van der Waals surface area contributed by atoms with Crippen LogP contribution in [0.1, 0.15) is 18.9 Å². The lowest BCUT2D eigenvalue weighted by Crippen LogP contribution is -2.22. The molecule has 2 atom stereocenters. The fourth-order valence-electron chi connectivity index (χ4n) is 2.18. The number of carbonyl (C=O) groups excluding carboxylic acids is 1. The van der Waals surface area contributed by atoms with Gasteiger partial charge in [-0.15, -0.1) is 20.7 Å². The van der Waals surface area contributed by atoms with Crippen LogP contribution in [0.5, 0.6) is 5.75 Å². The molecule has 1 heterocycles. The van der Waals surface area contributed by atoms with Crippen LogP contribution >= 0.6 is 20.7 Å². The number of esters is 1. The van der Waals surface area contributed by atoms with E-state index in [-0.39, 0.29) is 38.0 Å². The zero-order valence-electron chi connectivity index (χ0n) is 12.1. The van der Waals surface area contributed by atoms with Gasteiger partial charge in [0.2, 0.25) is 0 Å². The minimum absolute atomic E-state index is 0.0379. The van der Waals surface area contributed by atoms with Crippen LogP contribution in [-0.2, 0) is 9.53 Å². The monoisotopic (exact) mass is 416 g/mol. The molecule has 118 valence electrons. The summed E-state index contributed by atoms with van der Waals surface area (Å²) in [5.41, 5.74) is 5.89. The Morgan fingerprint density at radius 1 is 1.50 bits per heavy atom. The van der Waals surface area contributed by atoms with Crippen LogP contribution in [-0.4, -0.2) is 37.7 Å². The molecule has 1 aromatic rings. The lowest BCUT2D eigenvalue weighted by atomic mass is 10.1. The van der Waals surface area contributed by atoms with Gasteiger partial charge in [-0.3, -0.25) is 4.79 Å². The molecule has 2 aliphatic rings. The highest BCUT2D eigenvalue weighted by atomic mass is 127. The maximum absolute atomic E-state index is 11.8. The van der Waals surface area contributed by atoms with Crippen molar-refractivity contribution in [2.75, 3.05) is 13.2 Å². The second-order valence-corrected chi connectivity index (χ2v) is 8.40. The molecule has 7 heteroatoms. The number of halogens is 1. The van der Waals surface area contributed by atoms with Crippen molar-refractivity contribution < 1.29 is 19.5 Å². The van der Waals surface area contributed by atoms with Crippen LogP contribution in [0, 0.1) is 5.41 Å². The largest absolute Gasteiger partial charge is 0.493 e. The molecule has 6 nitrogen and oxygen atoms in total. The summed E-state index contributed by atoms with van der Waals surface area (Å²) in [5.74, 6) is 0.592. The lowest BCUT2D eigenvalue weighted by Gasteiger charge is -2.12. The Balaban J connectivity index is 1.38. The maximum Gasteiger partial charge on any atom is 0.317 e. The molecule has 0 saturated heterocycles. The average Bonchev–Trinajstić information content (AvgIpc) is 3.44. The third-order valence-electron chi connectivity index (χ3n) is 3.77. The highest BCUT2D eigenvalue weighted by Gasteiger charge is 2.72. The normalized spacial score (nSPS) is 25.4. The minimum atomic E-state index is -0.219. The fraction of sp³-hybridized carbons (Fsp3) is 0.400. The third kappa shape index (κ3) is 2.81. The van der Waals surface area contributed by atoms with E-state index in [1.807, 2.05) is 6.92 Å². The van der Waals surface area contributed by atoms with Crippen LogP contribution in [0.2, 0.25) is 0 Å². The van der Waals surface area contributed by atoms with Gasteiger partial charge < -0.3 is 20.4 Å². The molecule has 1 aromatic carbocycles. The molecular weight excluding hydrogens is 399 g/mol. The van der Waals surface area contributed by atoms with Gasteiger partial charge in [0.15, 0.2) is 5.84 Å². The van der Waals surface area contributed by atoms with Gasteiger partial charge in [0, 0.05) is 12.0 Å². The number of hydrogen-bond donors (Lipinski definition) is 2. The summed E-state index contributed by atoms with van der Waals surface area (Å²) in [6, 6.07) is 6.98. The molecule has 1 fully saturated rings. The number of benzene rings is 1. The number of fused-ring (bicyclic) bond motifs is 1. The molecule has 0 spiro atoms. The van der Waals surface area contributed by atoms with Crippen LogP contribution < -0.4 is 10.5 Å². The molecule has 0 amide bonds. The second kappa shape index (κ2) is 5.86. The van der Waals surface area contributed by atoms with E-state index in [0.29, 0.717) is 34.9 Å². The van der Waals surface area contributed by atoms with E-state index in [4.69, 9.17) is 20.4 Å². The first kappa shape index (κ1) is 15.3. The van der Waals surface area contributed by atoms with E-state index >= 15 is 0 Å². The highest BCUT2D eigenvalue weighted by Crippen LogP contribution is 2.67. The average molecular weight is 416 g/mol. The summed E-state index contributed by atoms with van der Waals surface area (Å²) in [7, 11) is 0. The summed E-state index contributed by atoms with van der Waals surface area (Å²) in [6.45, 7) is 2.79. The third-order valence-corrected chi connectivity index (χ3v) is 8.01. The Hall–Kier alpha value is -1.64. The van der Waals surface area contributed by atoms with E-state index in [9.17, 15) is 4.79 Å². The van der Waals surface area contributed by atoms with Gasteiger partial charge in [-0.05, 0) is 22.6 Å². The zero-order chi connectivity index (χ0) is 15.7. The van der Waals surface area contributed by atoms with E-state index in [1.54, 1.807) is 24.3 Å². The summed E-state index contributed by atoms with van der Waals surface area (Å²) in [4.78, 5) is 11.8. The Bertz CT molecular complexity index is 673. The predicted octanol–water partition coefficient (Wildman–Crippen LogP) is 1.64. The molecule has 1 aliphatic carbocycles. The van der Waals surface area contributed by atoms with E-state index in [1.165, 1.54) is 3.51 Å². The molecule has 3 N–H and O–H groups in total. The number of ether oxygens (including phenoxy) is 2. The topological polar surface area (TPSA) is 94.1 Å². The number of amidine groups is 1. The number of hydrogen-bond acceptors (Lipinski definition) is 5. The van der Waals surface area contributed by atoms with Crippen LogP contribution in [0.15, 0.2) is 29.4 Å². The van der Waals surface area contributed by atoms with Crippen LogP contribution in [0.3, 0.4) is 0 Å². The summed E-state index contributed by atoms with van der Waals surface area (Å²) in [6.07, 6.45) is 0.630. The van der Waals surface area contributed by atoms with Crippen molar-refractivity contribution in [1.82, 2.24) is 0 Å². The summed E-state index contributed by atoms with van der Waals surface area (Å²) >= 11 is 0.240. The quantitative estimate of drug-likeness (QED) is 0.103. The van der Waals surface area contributed by atoms with Gasteiger partial charge in [0.05, 0.1) is 17.1 Å². The fourth-order valence-corrected chi connectivity index (χ4v) is 5.50. The van der Waals surface area contributed by atoms with E-state index in [2.05, 4.69) is 5.16 Å². The standard InChI is InChI=1S/C15H17IN2O4/c1-15(11-12(15)16-11)14(19)22-7-3-6-21-10-5-2-4-9(8-10)13(17)18-20/h2,4-5,8,11,20H,3,6-7H2,1H3,(H2,17,18). The minimum Gasteiger partial charge on any atom is -0.493 e. The lowest BCUT2D eigenvalue weighted by molar-refractivity contribution is -0.148. The SMILES string of the molecule is CC1(C(=O)OCCCOc2cccc(/C(N)=N/O)c2)C2=IC21. The van der Waals surface area contributed by atoms with Gasteiger partial charge in [0.1, 0.15) is 11.2 Å². The van der Waals surface area contributed by atoms with Crippen molar-refractivity contribution in [2.24, 2.45) is 16.3 Å². The Morgan fingerprint density at radius 2 is 2.27 bits per heavy atom. The van der Waals surface area contributed by atoms with Crippen molar-refractivity contribution in [3.8, 4) is 5.75 Å². The molecule has 1 saturated carbocycles. The molecule has 3 rings (SSSR count). The molecule has 1 aliphatic heterocycles. The van der Waals surface area contributed by atoms with Gasteiger partial charge in [-0.2, -0.15) is 0 Å². The Kier molecular flexibility index (Phi) is 4.07.